The van der Waals surface area contributed by atoms with Gasteiger partial charge >= 0.3 is 0 Å². The number of thiophene rings is 1. The molecule has 0 radical (unpaired) electrons. The third-order valence-corrected chi connectivity index (χ3v) is 4.33. The van der Waals surface area contributed by atoms with Crippen molar-refractivity contribution in [3.8, 4) is 10.6 Å². The molecule has 2 heterocycles. The first kappa shape index (κ1) is 13.2. The quantitative estimate of drug-likeness (QED) is 0.930. The Morgan fingerprint density at radius 2 is 2.28 bits per heavy atom. The summed E-state index contributed by atoms with van der Waals surface area (Å²) < 4.78 is 0. The minimum Gasteiger partial charge on any atom is -0.351 e. The normalized spacial score (nSPS) is 10.9. The van der Waals surface area contributed by atoms with Gasteiger partial charge in [-0.1, -0.05) is 13.8 Å². The van der Waals surface area contributed by atoms with Crippen LogP contribution in [-0.2, 0) is 0 Å². The van der Waals surface area contributed by atoms with Crippen molar-refractivity contribution in [1.82, 2.24) is 10.3 Å². The number of nitrogens with one attached hydrogen (secondary N) is 1. The summed E-state index contributed by atoms with van der Waals surface area (Å²) >= 11 is 3.10. The summed E-state index contributed by atoms with van der Waals surface area (Å²) in [5.41, 5.74) is 1.90. The summed E-state index contributed by atoms with van der Waals surface area (Å²) in [6.07, 6.45) is 0. The number of aromatic nitrogens is 1. The monoisotopic (exact) mass is 280 g/mol. The first-order chi connectivity index (χ1) is 8.58. The number of carbonyl (C=O) groups is 1. The topological polar surface area (TPSA) is 42.0 Å². The molecule has 96 valence electrons. The van der Waals surface area contributed by atoms with Crippen LogP contribution >= 0.6 is 22.7 Å². The Kier molecular flexibility index (Phi) is 4.14. The summed E-state index contributed by atoms with van der Waals surface area (Å²) in [5, 5.41) is 7.92. The van der Waals surface area contributed by atoms with Gasteiger partial charge in [0.05, 0.1) is 5.69 Å². The van der Waals surface area contributed by atoms with E-state index in [-0.39, 0.29) is 5.91 Å². The number of hydrogen-bond donors (Lipinski definition) is 1. The fourth-order valence-corrected chi connectivity index (χ4v) is 3.19. The van der Waals surface area contributed by atoms with E-state index in [9.17, 15) is 4.79 Å². The van der Waals surface area contributed by atoms with Gasteiger partial charge in [-0.15, -0.1) is 11.3 Å². The molecule has 2 aromatic rings. The van der Waals surface area contributed by atoms with Crippen LogP contribution in [0.25, 0.3) is 10.6 Å². The van der Waals surface area contributed by atoms with E-state index in [1.54, 1.807) is 11.3 Å². The van der Waals surface area contributed by atoms with E-state index >= 15 is 0 Å². The van der Waals surface area contributed by atoms with Gasteiger partial charge in [-0.3, -0.25) is 4.79 Å². The second-order valence-corrected chi connectivity index (χ2v) is 6.33. The van der Waals surface area contributed by atoms with Crippen LogP contribution < -0.4 is 5.32 Å². The van der Waals surface area contributed by atoms with Gasteiger partial charge in [-0.2, -0.15) is 11.3 Å². The molecule has 0 saturated heterocycles. The number of aryl methyl sites for hydroxylation is 1. The van der Waals surface area contributed by atoms with E-state index in [1.165, 1.54) is 11.3 Å². The van der Waals surface area contributed by atoms with Crippen molar-refractivity contribution in [1.29, 1.82) is 0 Å². The van der Waals surface area contributed by atoms with Crippen LogP contribution in [0.15, 0.2) is 16.8 Å². The Balaban J connectivity index is 2.17. The van der Waals surface area contributed by atoms with Crippen molar-refractivity contribution in [3.05, 3.63) is 27.4 Å². The maximum Gasteiger partial charge on any atom is 0.263 e. The highest BCUT2D eigenvalue weighted by Crippen LogP contribution is 2.29. The predicted molar refractivity (Wildman–Crippen MR) is 77.3 cm³/mol. The number of hydrogen-bond acceptors (Lipinski definition) is 4. The smallest absolute Gasteiger partial charge is 0.263 e. The number of amides is 1. The molecule has 2 aromatic heterocycles. The average molecular weight is 280 g/mol. The summed E-state index contributed by atoms with van der Waals surface area (Å²) in [6.45, 7) is 6.74. The molecule has 5 heteroatoms. The Labute approximate surface area is 115 Å². The maximum atomic E-state index is 12.0. The highest BCUT2D eigenvalue weighted by atomic mass is 32.1. The highest BCUT2D eigenvalue weighted by molar-refractivity contribution is 7.17. The van der Waals surface area contributed by atoms with Crippen molar-refractivity contribution in [3.63, 3.8) is 0 Å². The SMILES string of the molecule is Cc1nc(-c2ccsc2)sc1C(=O)NCC(C)C. The molecule has 0 unspecified atom stereocenters. The van der Waals surface area contributed by atoms with Crippen LogP contribution in [0, 0.1) is 12.8 Å². The Morgan fingerprint density at radius 3 is 2.89 bits per heavy atom. The maximum absolute atomic E-state index is 12.0. The van der Waals surface area contributed by atoms with Crippen molar-refractivity contribution >= 4 is 28.6 Å². The second kappa shape index (κ2) is 5.63. The molecule has 0 aliphatic rings. The van der Waals surface area contributed by atoms with Gasteiger partial charge in [-0.05, 0) is 24.3 Å². The first-order valence-corrected chi connectivity index (χ1v) is 7.62. The number of thiazole rings is 1. The van der Waals surface area contributed by atoms with Crippen LogP contribution in [-0.4, -0.2) is 17.4 Å². The molecule has 1 amide bonds. The molecule has 0 saturated carbocycles. The van der Waals surface area contributed by atoms with E-state index < -0.39 is 0 Å². The molecular weight excluding hydrogens is 264 g/mol. The van der Waals surface area contributed by atoms with E-state index in [0.717, 1.165) is 21.1 Å². The predicted octanol–water partition coefficient (Wildman–Crippen LogP) is 3.57. The third-order valence-electron chi connectivity index (χ3n) is 2.44. The van der Waals surface area contributed by atoms with E-state index in [4.69, 9.17) is 0 Å². The van der Waals surface area contributed by atoms with Crippen molar-refractivity contribution in [2.45, 2.75) is 20.8 Å². The Hall–Kier alpha value is -1.20. The minimum atomic E-state index is -0.0137. The summed E-state index contributed by atoms with van der Waals surface area (Å²) in [4.78, 5) is 17.2. The Morgan fingerprint density at radius 1 is 1.50 bits per heavy atom. The van der Waals surface area contributed by atoms with Crippen molar-refractivity contribution in [2.75, 3.05) is 6.54 Å². The lowest BCUT2D eigenvalue weighted by Crippen LogP contribution is -2.27. The lowest BCUT2D eigenvalue weighted by molar-refractivity contribution is 0.0952. The molecule has 0 bridgehead atoms. The van der Waals surface area contributed by atoms with E-state index in [0.29, 0.717) is 12.5 Å². The molecule has 0 atom stereocenters. The molecule has 3 nitrogen and oxygen atoms in total. The molecule has 0 spiro atoms. The molecule has 0 aliphatic carbocycles. The zero-order valence-electron chi connectivity index (χ0n) is 10.7. The van der Waals surface area contributed by atoms with Crippen LogP contribution in [0.5, 0.6) is 0 Å². The third kappa shape index (κ3) is 2.97. The summed E-state index contributed by atoms with van der Waals surface area (Å²) in [5.74, 6) is 0.443. The van der Waals surface area contributed by atoms with Crippen molar-refractivity contribution in [2.24, 2.45) is 5.92 Å². The fourth-order valence-electron chi connectivity index (χ4n) is 1.49. The van der Waals surface area contributed by atoms with Crippen molar-refractivity contribution < 1.29 is 4.79 Å². The van der Waals surface area contributed by atoms with Gasteiger partial charge in [0.1, 0.15) is 9.88 Å². The van der Waals surface area contributed by atoms with Crippen LogP contribution in [0.2, 0.25) is 0 Å². The van der Waals surface area contributed by atoms with Crippen LogP contribution in [0.3, 0.4) is 0 Å². The van der Waals surface area contributed by atoms with Crippen LogP contribution in [0.1, 0.15) is 29.2 Å². The second-order valence-electron chi connectivity index (χ2n) is 4.55. The van der Waals surface area contributed by atoms with Gasteiger partial charge in [0, 0.05) is 17.5 Å². The number of rotatable bonds is 4. The number of nitrogens with zero attached hydrogens (tertiary/aromatic N) is 1. The lowest BCUT2D eigenvalue weighted by atomic mass is 10.2. The minimum absolute atomic E-state index is 0.0137. The zero-order chi connectivity index (χ0) is 13.1. The highest BCUT2D eigenvalue weighted by Gasteiger charge is 2.16. The van der Waals surface area contributed by atoms with E-state index in [1.807, 2.05) is 23.8 Å². The molecule has 0 aliphatic heterocycles. The standard InChI is InChI=1S/C13H16N2OS2/c1-8(2)6-14-12(16)11-9(3)15-13(18-11)10-4-5-17-7-10/h4-5,7-8H,6H2,1-3H3,(H,14,16). The fraction of sp³-hybridized carbons (Fsp3) is 0.385. The zero-order valence-corrected chi connectivity index (χ0v) is 12.3. The lowest BCUT2D eigenvalue weighted by Gasteiger charge is -2.05. The largest absolute Gasteiger partial charge is 0.351 e. The number of carbonyl (C=O) groups excluding carboxylic acids is 1. The average Bonchev–Trinajstić information content (AvgIpc) is 2.94. The van der Waals surface area contributed by atoms with Gasteiger partial charge < -0.3 is 5.32 Å². The summed E-state index contributed by atoms with van der Waals surface area (Å²) in [7, 11) is 0. The summed E-state index contributed by atoms with van der Waals surface area (Å²) in [6, 6.07) is 2.03. The molecule has 2 rings (SSSR count). The van der Waals surface area contributed by atoms with Gasteiger partial charge in [0.25, 0.3) is 5.91 Å². The molecule has 1 N–H and O–H groups in total. The van der Waals surface area contributed by atoms with Crippen LogP contribution in [0.4, 0.5) is 0 Å². The van der Waals surface area contributed by atoms with E-state index in [2.05, 4.69) is 24.1 Å². The molecule has 0 aromatic carbocycles. The molecule has 0 fully saturated rings. The van der Waals surface area contributed by atoms with Gasteiger partial charge in [0.15, 0.2) is 0 Å². The molecule has 18 heavy (non-hydrogen) atoms. The van der Waals surface area contributed by atoms with Gasteiger partial charge in [0.2, 0.25) is 0 Å². The molecular formula is C13H16N2OS2. The Bertz CT molecular complexity index is 529. The first-order valence-electron chi connectivity index (χ1n) is 5.86. The van der Waals surface area contributed by atoms with Gasteiger partial charge in [-0.25, -0.2) is 4.98 Å².